The Morgan fingerprint density at radius 3 is 2.77 bits per heavy atom. The van der Waals surface area contributed by atoms with Gasteiger partial charge in [0.15, 0.2) is 6.23 Å². The van der Waals surface area contributed by atoms with E-state index in [1.807, 2.05) is 0 Å². The zero-order valence-electron chi connectivity index (χ0n) is 11.7. The van der Waals surface area contributed by atoms with Gasteiger partial charge in [0.1, 0.15) is 5.75 Å². The van der Waals surface area contributed by atoms with Crippen molar-refractivity contribution in [2.24, 2.45) is 11.8 Å². The zero-order chi connectivity index (χ0) is 15.9. The molecular weight excluding hydrogens is 299 g/mol. The molecule has 0 radical (unpaired) electrons. The minimum Gasteiger partial charge on any atom is -0.470 e. The van der Waals surface area contributed by atoms with Gasteiger partial charge in [0.05, 0.1) is 5.56 Å². The van der Waals surface area contributed by atoms with Crippen molar-refractivity contribution in [3.63, 3.8) is 0 Å². The molecule has 0 spiro atoms. The molecule has 1 N–H and O–H groups in total. The zero-order valence-corrected chi connectivity index (χ0v) is 11.7. The van der Waals surface area contributed by atoms with Crippen molar-refractivity contribution in [3.05, 3.63) is 29.8 Å². The van der Waals surface area contributed by atoms with Gasteiger partial charge in [-0.25, -0.2) is 4.79 Å². The van der Waals surface area contributed by atoms with Gasteiger partial charge in [-0.1, -0.05) is 12.5 Å². The van der Waals surface area contributed by atoms with Crippen LogP contribution >= 0.6 is 0 Å². The van der Waals surface area contributed by atoms with Gasteiger partial charge in [-0.05, 0) is 37.0 Å². The number of fused-ring (bicyclic) bond motifs is 1. The molecule has 1 amide bonds. The van der Waals surface area contributed by atoms with Gasteiger partial charge in [-0.3, -0.25) is 4.90 Å². The number of carboxylic acid groups (broad SMARTS) is 1. The van der Waals surface area contributed by atoms with Gasteiger partial charge in [-0.2, -0.15) is 13.2 Å². The summed E-state index contributed by atoms with van der Waals surface area (Å²) in [5.41, 5.74) is -0.798. The smallest absolute Gasteiger partial charge is 0.416 e. The molecule has 1 aromatic carbocycles. The predicted octanol–water partition coefficient (Wildman–Crippen LogP) is 3.82. The van der Waals surface area contributed by atoms with Gasteiger partial charge in [0.2, 0.25) is 0 Å². The maximum absolute atomic E-state index is 12.7. The van der Waals surface area contributed by atoms with Crippen LogP contribution in [0.5, 0.6) is 5.75 Å². The van der Waals surface area contributed by atoms with E-state index in [0.29, 0.717) is 6.54 Å². The normalized spacial score (nSPS) is 27.8. The van der Waals surface area contributed by atoms with Gasteiger partial charge < -0.3 is 9.84 Å². The van der Waals surface area contributed by atoms with E-state index in [0.717, 1.165) is 31.4 Å². The van der Waals surface area contributed by atoms with E-state index in [1.165, 1.54) is 17.0 Å². The minimum atomic E-state index is -4.45. The Hall–Kier alpha value is -1.92. The highest BCUT2D eigenvalue weighted by Gasteiger charge is 2.47. The van der Waals surface area contributed by atoms with E-state index in [1.54, 1.807) is 0 Å². The first-order chi connectivity index (χ1) is 10.4. The number of alkyl halides is 3. The van der Waals surface area contributed by atoms with Crippen LogP contribution in [0.15, 0.2) is 24.3 Å². The summed E-state index contributed by atoms with van der Waals surface area (Å²) in [4.78, 5) is 12.5. The van der Waals surface area contributed by atoms with E-state index >= 15 is 0 Å². The average Bonchev–Trinajstić information content (AvgIpc) is 3.01. The van der Waals surface area contributed by atoms with Crippen molar-refractivity contribution in [2.75, 3.05) is 6.54 Å². The molecule has 7 heteroatoms. The highest BCUT2D eigenvalue weighted by atomic mass is 19.4. The highest BCUT2D eigenvalue weighted by molar-refractivity contribution is 5.66. The number of hydrogen-bond acceptors (Lipinski definition) is 2. The molecule has 0 aromatic heterocycles. The Balaban J connectivity index is 1.83. The average molecular weight is 315 g/mol. The van der Waals surface area contributed by atoms with Crippen molar-refractivity contribution in [1.82, 2.24) is 4.90 Å². The summed E-state index contributed by atoms with van der Waals surface area (Å²) >= 11 is 0. The summed E-state index contributed by atoms with van der Waals surface area (Å²) < 4.78 is 43.9. The van der Waals surface area contributed by atoms with E-state index < -0.39 is 24.1 Å². The number of nitrogens with zero attached hydrogens (tertiary/aromatic N) is 1. The maximum Gasteiger partial charge on any atom is 0.416 e. The molecule has 0 bridgehead atoms. The number of benzene rings is 1. The van der Waals surface area contributed by atoms with Crippen LogP contribution in [0.3, 0.4) is 0 Å². The Labute approximate surface area is 125 Å². The quantitative estimate of drug-likeness (QED) is 0.902. The summed E-state index contributed by atoms with van der Waals surface area (Å²) in [6.45, 7) is 0.392. The van der Waals surface area contributed by atoms with Crippen LogP contribution in [0.4, 0.5) is 18.0 Å². The van der Waals surface area contributed by atoms with Crippen molar-refractivity contribution in [2.45, 2.75) is 31.7 Å². The predicted molar refractivity (Wildman–Crippen MR) is 71.4 cm³/mol. The van der Waals surface area contributed by atoms with E-state index in [-0.39, 0.29) is 17.6 Å². The number of amides is 1. The number of carbonyl (C=O) groups is 1. The molecule has 3 rings (SSSR count). The molecule has 1 aliphatic carbocycles. The van der Waals surface area contributed by atoms with Crippen molar-refractivity contribution in [3.8, 4) is 5.75 Å². The van der Waals surface area contributed by atoms with Crippen molar-refractivity contribution in [1.29, 1.82) is 0 Å². The van der Waals surface area contributed by atoms with Gasteiger partial charge in [0.25, 0.3) is 0 Å². The third kappa shape index (κ3) is 2.71. The standard InChI is InChI=1S/C15H16F3NO3/c16-15(17,18)10-4-2-5-11(7-10)22-13-12-6-1-3-9(12)8-19(13)14(20)21/h2,4-5,7,9,12-13H,1,3,6,8H2,(H,20,21). The topological polar surface area (TPSA) is 49.8 Å². The second kappa shape index (κ2) is 5.37. The Morgan fingerprint density at radius 2 is 2.09 bits per heavy atom. The summed E-state index contributed by atoms with van der Waals surface area (Å²) in [6.07, 6.45) is -3.45. The van der Waals surface area contributed by atoms with Crippen LogP contribution < -0.4 is 4.74 Å². The van der Waals surface area contributed by atoms with Gasteiger partial charge in [0, 0.05) is 12.5 Å². The monoisotopic (exact) mass is 315 g/mol. The van der Waals surface area contributed by atoms with Crippen molar-refractivity contribution < 1.29 is 27.8 Å². The van der Waals surface area contributed by atoms with Crippen LogP contribution in [0.25, 0.3) is 0 Å². The molecule has 1 saturated heterocycles. The Bertz CT molecular complexity index is 575. The SMILES string of the molecule is O=C(O)N1CC2CCCC2C1Oc1cccc(C(F)(F)F)c1. The molecular formula is C15H16F3NO3. The van der Waals surface area contributed by atoms with E-state index in [2.05, 4.69) is 0 Å². The first kappa shape index (κ1) is 15.0. The van der Waals surface area contributed by atoms with Crippen LogP contribution in [-0.4, -0.2) is 28.9 Å². The van der Waals surface area contributed by atoms with E-state index in [4.69, 9.17) is 4.74 Å². The lowest BCUT2D eigenvalue weighted by Crippen LogP contribution is -2.41. The molecule has 2 fully saturated rings. The second-order valence-corrected chi connectivity index (χ2v) is 5.82. The molecule has 120 valence electrons. The molecule has 1 aromatic rings. The third-order valence-electron chi connectivity index (χ3n) is 4.49. The third-order valence-corrected chi connectivity index (χ3v) is 4.49. The largest absolute Gasteiger partial charge is 0.470 e. The lowest BCUT2D eigenvalue weighted by Gasteiger charge is -2.26. The molecule has 22 heavy (non-hydrogen) atoms. The summed E-state index contributed by atoms with van der Waals surface area (Å²) in [5, 5.41) is 9.27. The van der Waals surface area contributed by atoms with Crippen molar-refractivity contribution >= 4 is 6.09 Å². The van der Waals surface area contributed by atoms with Crippen LogP contribution in [0.2, 0.25) is 0 Å². The molecule has 1 saturated carbocycles. The Morgan fingerprint density at radius 1 is 1.32 bits per heavy atom. The molecule has 1 aliphatic heterocycles. The first-order valence-corrected chi connectivity index (χ1v) is 7.20. The van der Waals surface area contributed by atoms with Crippen LogP contribution in [0, 0.1) is 11.8 Å². The van der Waals surface area contributed by atoms with E-state index in [9.17, 15) is 23.1 Å². The number of likely N-dealkylation sites (tertiary alicyclic amines) is 1. The number of rotatable bonds is 2. The van der Waals surface area contributed by atoms with Gasteiger partial charge >= 0.3 is 12.3 Å². The molecule has 3 atom stereocenters. The first-order valence-electron chi connectivity index (χ1n) is 7.20. The Kier molecular flexibility index (Phi) is 3.66. The fraction of sp³-hybridized carbons (Fsp3) is 0.533. The second-order valence-electron chi connectivity index (χ2n) is 5.82. The maximum atomic E-state index is 12.7. The number of hydrogen-bond donors (Lipinski definition) is 1. The number of halogens is 3. The fourth-order valence-corrected chi connectivity index (χ4v) is 3.48. The molecule has 1 heterocycles. The lowest BCUT2D eigenvalue weighted by atomic mass is 9.99. The summed E-state index contributed by atoms with van der Waals surface area (Å²) in [7, 11) is 0. The lowest BCUT2D eigenvalue weighted by molar-refractivity contribution is -0.137. The molecule has 4 nitrogen and oxygen atoms in total. The van der Waals surface area contributed by atoms with Crippen LogP contribution in [0.1, 0.15) is 24.8 Å². The summed E-state index contributed by atoms with van der Waals surface area (Å²) in [6, 6.07) is 4.58. The number of ether oxygens (including phenoxy) is 1. The highest BCUT2D eigenvalue weighted by Crippen LogP contribution is 2.43. The minimum absolute atomic E-state index is 0.0543. The van der Waals surface area contributed by atoms with Crippen LogP contribution in [-0.2, 0) is 6.18 Å². The molecule has 2 aliphatic rings. The fourth-order valence-electron chi connectivity index (χ4n) is 3.48. The summed E-state index contributed by atoms with van der Waals surface area (Å²) in [5.74, 6) is 0.358. The molecule has 3 unspecified atom stereocenters. The van der Waals surface area contributed by atoms with Gasteiger partial charge in [-0.15, -0.1) is 0 Å².